The Balaban J connectivity index is -0.000000254. The van der Waals surface area contributed by atoms with Crippen LogP contribution >= 0.6 is 23.2 Å². The molecular weight excluding hydrogens is 1280 g/mol. The van der Waals surface area contributed by atoms with E-state index >= 15 is 0 Å². The molecule has 0 aliphatic carbocycles. The van der Waals surface area contributed by atoms with Crippen LogP contribution in [0.15, 0.2) is 193 Å². The maximum Gasteiger partial charge on any atom is 0.337 e. The van der Waals surface area contributed by atoms with Crippen molar-refractivity contribution in [2.24, 2.45) is 0 Å². The van der Waals surface area contributed by atoms with Gasteiger partial charge in [-0.3, -0.25) is 4.79 Å². The Kier molecular flexibility index (Phi) is 66.4. The van der Waals surface area contributed by atoms with Gasteiger partial charge in [0.25, 0.3) is 0 Å². The van der Waals surface area contributed by atoms with Gasteiger partial charge in [-0.2, -0.15) is 0 Å². The van der Waals surface area contributed by atoms with Gasteiger partial charge in [-0.1, -0.05) is 384 Å². The first kappa shape index (κ1) is 106. The summed E-state index contributed by atoms with van der Waals surface area (Å²) in [5, 5.41) is 11.4. The molecule has 0 spiro atoms. The summed E-state index contributed by atoms with van der Waals surface area (Å²) in [6.07, 6.45) is 9.70. The lowest BCUT2D eigenvalue weighted by Gasteiger charge is -2.22. The molecule has 7 heteroatoms. The normalized spacial score (nSPS) is 10.9. The Morgan fingerprint density at radius 1 is 0.386 bits per heavy atom. The van der Waals surface area contributed by atoms with E-state index in [1.807, 2.05) is 135 Å². The Morgan fingerprint density at radius 3 is 0.970 bits per heavy atom. The van der Waals surface area contributed by atoms with Crippen LogP contribution in [0.3, 0.4) is 0 Å². The maximum atomic E-state index is 11.5. The van der Waals surface area contributed by atoms with Gasteiger partial charge in [0.2, 0.25) is 0 Å². The highest BCUT2D eigenvalue weighted by molar-refractivity contribution is 6.42. The van der Waals surface area contributed by atoms with Gasteiger partial charge in [0.1, 0.15) is 12.2 Å². The molecule has 101 heavy (non-hydrogen) atoms. The third kappa shape index (κ3) is 42.8. The van der Waals surface area contributed by atoms with Crippen molar-refractivity contribution < 1.29 is 23.8 Å². The number of furan rings is 1. The van der Waals surface area contributed by atoms with Crippen LogP contribution in [0, 0.1) is 0 Å². The number of esters is 1. The van der Waals surface area contributed by atoms with Gasteiger partial charge in [-0.05, 0) is 166 Å². The van der Waals surface area contributed by atoms with Gasteiger partial charge in [-0.15, -0.1) is 0 Å². The van der Waals surface area contributed by atoms with Crippen LogP contribution in [-0.4, -0.2) is 30.6 Å². The molecule has 0 aliphatic heterocycles. The SMILES string of the molecule is CC.CC.CC.CC.CC.CC.CC.CCC(C)(C)c1ccccc1.CCC(C)(C)c1ccccc1.CCC(C)(C)c1ccccc1.CCC(C)(C)c1ccccc1.CCC(C)c1cc(C(=O)CO)cc(C(=O)OC)c1.CCC(C)c1ccc(Cl)c(Cl)c1.CCC(C)c1ccc2ccoc2c1. The molecule has 0 saturated carbocycles. The number of hydrogen-bond acceptors (Lipinski definition) is 5. The first-order chi connectivity index (χ1) is 48.1. The highest BCUT2D eigenvalue weighted by atomic mass is 35.5. The number of aliphatic hydroxyl groups is 1. The van der Waals surface area contributed by atoms with E-state index in [9.17, 15) is 9.59 Å². The second-order valence-electron chi connectivity index (χ2n) is 25.1. The van der Waals surface area contributed by atoms with E-state index in [2.05, 4.69) is 255 Å². The number of aliphatic hydroxyl groups excluding tert-OH is 1. The third-order valence-electron chi connectivity index (χ3n) is 17.6. The molecule has 8 rings (SSSR count). The fourth-order valence-corrected chi connectivity index (χ4v) is 8.91. The van der Waals surface area contributed by atoms with Crippen LogP contribution in [0.2, 0.25) is 10.0 Å². The van der Waals surface area contributed by atoms with Crippen LogP contribution in [0.4, 0.5) is 0 Å². The van der Waals surface area contributed by atoms with Crippen molar-refractivity contribution in [2.75, 3.05) is 13.7 Å². The summed E-state index contributed by atoms with van der Waals surface area (Å²) in [7, 11) is 1.30. The largest absolute Gasteiger partial charge is 0.465 e. The first-order valence-electron chi connectivity index (χ1n) is 38.7. The predicted octanol–water partition coefficient (Wildman–Crippen LogP) is 31.3. The molecule has 1 N–H and O–H groups in total. The Labute approximate surface area is 633 Å². The van der Waals surface area contributed by atoms with Crippen molar-refractivity contribution in [1.29, 1.82) is 0 Å². The molecule has 0 bridgehead atoms. The molecule has 570 valence electrons. The molecular formula is C94H150Cl2O5. The standard InChI is InChI=1S/C14H18O4.C12H14O.4C11H16.C10H12Cl2.7C2H6/c1-4-9(2)10-5-11(13(16)8-15)7-12(6-10)14(17)18-3;1-3-9(2)11-5-4-10-6-7-13-12(10)8-11;4*1-4-11(2,3)10-8-6-5-7-9-10;1-3-7(2)8-4-5-9(11)10(12)6-8;7*1-2/h5-7,9,15H,4,8H2,1-3H3;4-9H,3H2,1-2H3;4*5-9H,4H2,1-3H3;4-7H,3H2,1-2H3;7*1-2H3. The number of ketones is 1. The van der Waals surface area contributed by atoms with Crippen molar-refractivity contribution in [3.63, 3.8) is 0 Å². The van der Waals surface area contributed by atoms with Gasteiger partial charge in [0.15, 0.2) is 5.78 Å². The molecule has 0 aliphatic rings. The molecule has 1 heterocycles. The molecule has 8 aromatic rings. The summed E-state index contributed by atoms with van der Waals surface area (Å²) in [5.41, 5.74) is 12.3. The molecule has 0 radical (unpaired) electrons. The van der Waals surface area contributed by atoms with Crippen LogP contribution in [0.1, 0.15) is 344 Å². The first-order valence-corrected chi connectivity index (χ1v) is 39.4. The summed E-state index contributed by atoms with van der Waals surface area (Å²) in [5.74, 6) is 0.534. The number of Topliss-reactive ketones (excluding diaryl/α,β-unsaturated/α-hetero) is 1. The van der Waals surface area contributed by atoms with E-state index in [-0.39, 0.29) is 5.92 Å². The number of carbonyl (C=O) groups excluding carboxylic acids is 2. The predicted molar refractivity (Wildman–Crippen MR) is 456 cm³/mol. The molecule has 7 aromatic carbocycles. The van der Waals surface area contributed by atoms with E-state index in [1.165, 1.54) is 84.0 Å². The Hall–Kier alpha value is -6.24. The average molecular weight is 1430 g/mol. The minimum absolute atomic E-state index is 0.236. The molecule has 0 amide bonds. The number of hydrogen-bond donors (Lipinski definition) is 1. The monoisotopic (exact) mass is 1430 g/mol. The smallest absolute Gasteiger partial charge is 0.337 e. The van der Waals surface area contributed by atoms with Crippen molar-refractivity contribution in [2.45, 2.75) is 306 Å². The van der Waals surface area contributed by atoms with E-state index in [0.29, 0.717) is 54.7 Å². The van der Waals surface area contributed by atoms with Crippen molar-refractivity contribution >= 4 is 45.9 Å². The van der Waals surface area contributed by atoms with Gasteiger partial charge in [-0.25, -0.2) is 4.79 Å². The van der Waals surface area contributed by atoms with E-state index < -0.39 is 18.4 Å². The zero-order chi connectivity index (χ0) is 79.4. The van der Waals surface area contributed by atoms with E-state index in [1.54, 1.807) is 18.4 Å². The lowest BCUT2D eigenvalue weighted by atomic mass is 9.82. The maximum absolute atomic E-state index is 11.5. The van der Waals surface area contributed by atoms with Gasteiger partial charge in [0.05, 0.1) is 29.0 Å². The fraction of sp³-hybridized carbons (Fsp3) is 0.511. The minimum Gasteiger partial charge on any atom is -0.465 e. The summed E-state index contributed by atoms with van der Waals surface area (Å²) in [4.78, 5) is 23.1. The molecule has 1 aromatic heterocycles. The lowest BCUT2D eigenvalue weighted by molar-refractivity contribution is 0.0600. The summed E-state index contributed by atoms with van der Waals surface area (Å²) in [6.45, 7) is 67.4. The van der Waals surface area contributed by atoms with E-state index in [0.717, 1.165) is 24.0 Å². The van der Waals surface area contributed by atoms with E-state index in [4.69, 9.17) is 32.7 Å². The molecule has 3 unspecified atom stereocenters. The van der Waals surface area contributed by atoms with Crippen molar-refractivity contribution in [3.05, 3.63) is 248 Å². The van der Waals surface area contributed by atoms with Gasteiger partial charge in [0, 0.05) is 10.9 Å². The molecule has 5 nitrogen and oxygen atoms in total. The number of halogens is 2. The number of methoxy groups -OCH3 is 1. The number of fused-ring (bicyclic) bond motifs is 1. The highest BCUT2D eigenvalue weighted by Gasteiger charge is 2.20. The quantitative estimate of drug-likeness (QED) is 0.0726. The van der Waals surface area contributed by atoms with Gasteiger partial charge < -0.3 is 14.3 Å². The number of carbonyl (C=O) groups is 2. The second-order valence-corrected chi connectivity index (χ2v) is 26.0. The topological polar surface area (TPSA) is 76.7 Å². The Morgan fingerprint density at radius 2 is 0.683 bits per heavy atom. The van der Waals surface area contributed by atoms with Gasteiger partial charge >= 0.3 is 5.97 Å². The van der Waals surface area contributed by atoms with Crippen LogP contribution < -0.4 is 0 Å². The second kappa shape index (κ2) is 63.4. The molecule has 0 saturated heterocycles. The summed E-state index contributed by atoms with van der Waals surface area (Å²) < 4.78 is 10.0. The molecule has 3 atom stereocenters. The summed E-state index contributed by atoms with van der Waals surface area (Å²) in [6, 6.07) is 61.9. The zero-order valence-corrected chi connectivity index (χ0v) is 72.1. The lowest BCUT2D eigenvalue weighted by Crippen LogP contribution is -2.14. The van der Waals surface area contributed by atoms with Crippen LogP contribution in [0.25, 0.3) is 11.0 Å². The Bertz CT molecular complexity index is 2920. The van der Waals surface area contributed by atoms with Crippen molar-refractivity contribution in [1.82, 2.24) is 0 Å². The third-order valence-corrected chi connectivity index (χ3v) is 18.3. The highest BCUT2D eigenvalue weighted by Crippen LogP contribution is 2.31. The number of ether oxygens (including phenoxy) is 1. The minimum atomic E-state index is -0.565. The fourth-order valence-electron chi connectivity index (χ4n) is 8.60. The average Bonchev–Trinajstić information content (AvgIpc) is 1.75. The zero-order valence-electron chi connectivity index (χ0n) is 70.6. The number of benzene rings is 7. The molecule has 0 fully saturated rings. The van der Waals surface area contributed by atoms with Crippen LogP contribution in [-0.2, 0) is 26.4 Å². The van der Waals surface area contributed by atoms with Crippen molar-refractivity contribution in [3.8, 4) is 0 Å². The summed E-state index contributed by atoms with van der Waals surface area (Å²) >= 11 is 11.7. The number of rotatable bonds is 17. The van der Waals surface area contributed by atoms with Crippen LogP contribution in [0.5, 0.6) is 0 Å².